The van der Waals surface area contributed by atoms with Crippen LogP contribution in [0.2, 0.25) is 0 Å². The van der Waals surface area contributed by atoms with Gasteiger partial charge < -0.3 is 9.64 Å². The maximum absolute atomic E-state index is 13.0. The van der Waals surface area contributed by atoms with Gasteiger partial charge in [0.1, 0.15) is 0 Å². The van der Waals surface area contributed by atoms with Crippen molar-refractivity contribution in [2.45, 2.75) is 38.8 Å². The lowest BCUT2D eigenvalue weighted by Crippen LogP contribution is -2.58. The summed E-state index contributed by atoms with van der Waals surface area (Å²) in [5.41, 5.74) is 2.11. The molecule has 0 N–H and O–H groups in total. The van der Waals surface area contributed by atoms with Crippen molar-refractivity contribution in [1.82, 2.24) is 19.9 Å². The number of carbonyl (C=O) groups excluding carboxylic acids is 2. The van der Waals surface area contributed by atoms with E-state index in [0.717, 1.165) is 43.7 Å². The Labute approximate surface area is 164 Å². The fourth-order valence-electron chi connectivity index (χ4n) is 4.00. The SMILES string of the molecule is CCOC(=O)c1cn(Cc2cccc(N3CCN4CCCCC4C3=O)c2)nn1. The molecule has 8 nitrogen and oxygen atoms in total. The van der Waals surface area contributed by atoms with Gasteiger partial charge in [-0.2, -0.15) is 0 Å². The molecule has 2 aliphatic rings. The summed E-state index contributed by atoms with van der Waals surface area (Å²) < 4.78 is 6.55. The molecule has 0 radical (unpaired) electrons. The van der Waals surface area contributed by atoms with Gasteiger partial charge in [0.2, 0.25) is 5.91 Å². The van der Waals surface area contributed by atoms with Crippen molar-refractivity contribution in [2.24, 2.45) is 0 Å². The zero-order valence-electron chi connectivity index (χ0n) is 16.1. The van der Waals surface area contributed by atoms with E-state index in [9.17, 15) is 9.59 Å². The minimum absolute atomic E-state index is 0.0219. The molecule has 0 bridgehead atoms. The number of esters is 1. The third-order valence-corrected chi connectivity index (χ3v) is 5.37. The predicted molar refractivity (Wildman–Crippen MR) is 103 cm³/mol. The van der Waals surface area contributed by atoms with Crippen LogP contribution in [0, 0.1) is 0 Å². The number of benzene rings is 1. The molecule has 2 fully saturated rings. The molecule has 1 amide bonds. The van der Waals surface area contributed by atoms with E-state index in [1.807, 2.05) is 29.2 Å². The molecule has 148 valence electrons. The Hall–Kier alpha value is -2.74. The average Bonchev–Trinajstić information content (AvgIpc) is 3.17. The van der Waals surface area contributed by atoms with E-state index in [4.69, 9.17) is 4.74 Å². The Kier molecular flexibility index (Phi) is 5.38. The maximum Gasteiger partial charge on any atom is 0.360 e. The van der Waals surface area contributed by atoms with Gasteiger partial charge in [0.05, 0.1) is 25.4 Å². The number of carbonyl (C=O) groups is 2. The average molecular weight is 383 g/mol. The van der Waals surface area contributed by atoms with Gasteiger partial charge in [0.25, 0.3) is 0 Å². The molecule has 4 rings (SSSR count). The van der Waals surface area contributed by atoms with E-state index in [2.05, 4.69) is 15.2 Å². The summed E-state index contributed by atoms with van der Waals surface area (Å²) in [5.74, 6) is -0.271. The number of ether oxygens (including phenoxy) is 1. The lowest BCUT2D eigenvalue weighted by Gasteiger charge is -2.43. The van der Waals surface area contributed by atoms with Crippen LogP contribution in [0.1, 0.15) is 42.2 Å². The van der Waals surface area contributed by atoms with E-state index >= 15 is 0 Å². The van der Waals surface area contributed by atoms with E-state index in [0.29, 0.717) is 13.2 Å². The Bertz CT molecular complexity index is 865. The van der Waals surface area contributed by atoms with Crippen molar-refractivity contribution in [3.05, 3.63) is 41.7 Å². The summed E-state index contributed by atoms with van der Waals surface area (Å²) in [7, 11) is 0. The molecule has 2 aliphatic heterocycles. The summed E-state index contributed by atoms with van der Waals surface area (Å²) in [5, 5.41) is 7.87. The topological polar surface area (TPSA) is 80.6 Å². The van der Waals surface area contributed by atoms with Crippen molar-refractivity contribution in [2.75, 3.05) is 31.1 Å². The number of aromatic nitrogens is 3. The van der Waals surface area contributed by atoms with E-state index in [-0.39, 0.29) is 17.6 Å². The molecule has 1 aromatic carbocycles. The molecule has 8 heteroatoms. The summed E-state index contributed by atoms with van der Waals surface area (Å²) >= 11 is 0. The number of nitrogens with zero attached hydrogens (tertiary/aromatic N) is 5. The monoisotopic (exact) mass is 383 g/mol. The third-order valence-electron chi connectivity index (χ3n) is 5.37. The van der Waals surface area contributed by atoms with Crippen molar-refractivity contribution < 1.29 is 14.3 Å². The number of rotatable bonds is 5. The van der Waals surface area contributed by atoms with Crippen LogP contribution in [0.4, 0.5) is 5.69 Å². The fraction of sp³-hybridized carbons (Fsp3) is 0.500. The first-order chi connectivity index (χ1) is 13.7. The molecule has 28 heavy (non-hydrogen) atoms. The number of anilines is 1. The first kappa shape index (κ1) is 18.6. The zero-order chi connectivity index (χ0) is 19.5. The number of amides is 1. The summed E-state index contributed by atoms with van der Waals surface area (Å²) in [4.78, 5) is 28.9. The van der Waals surface area contributed by atoms with Crippen molar-refractivity contribution >= 4 is 17.6 Å². The molecule has 0 aliphatic carbocycles. The molecule has 2 saturated heterocycles. The molecule has 2 aromatic rings. The molecule has 0 saturated carbocycles. The molecule has 3 heterocycles. The summed E-state index contributed by atoms with van der Waals surface area (Å²) in [6.45, 7) is 5.19. The quantitative estimate of drug-likeness (QED) is 0.731. The van der Waals surface area contributed by atoms with Gasteiger partial charge >= 0.3 is 5.97 Å². The normalized spacial score (nSPS) is 20.1. The standard InChI is InChI=1S/C20H25N5O3/c1-2-28-20(27)17-14-24(22-21-17)13-15-6-5-7-16(12-15)25-11-10-23-9-4-3-8-18(23)19(25)26/h5-7,12,14,18H,2-4,8-11,13H2,1H3. The van der Waals surface area contributed by atoms with Gasteiger partial charge in [-0.3, -0.25) is 9.69 Å². The highest BCUT2D eigenvalue weighted by Crippen LogP contribution is 2.26. The first-order valence-corrected chi connectivity index (χ1v) is 9.87. The van der Waals surface area contributed by atoms with Crippen molar-refractivity contribution in [3.63, 3.8) is 0 Å². The highest BCUT2D eigenvalue weighted by molar-refractivity contribution is 5.98. The van der Waals surface area contributed by atoms with Gasteiger partial charge in [-0.1, -0.05) is 23.8 Å². The van der Waals surface area contributed by atoms with Gasteiger partial charge in [-0.05, 0) is 44.0 Å². The fourth-order valence-corrected chi connectivity index (χ4v) is 4.00. The molecule has 1 aromatic heterocycles. The Morgan fingerprint density at radius 2 is 2.14 bits per heavy atom. The Morgan fingerprint density at radius 3 is 3.00 bits per heavy atom. The molecule has 1 atom stereocenters. The zero-order valence-corrected chi connectivity index (χ0v) is 16.1. The van der Waals surface area contributed by atoms with Crippen LogP contribution in [0.3, 0.4) is 0 Å². The second-order valence-corrected chi connectivity index (χ2v) is 7.23. The van der Waals surface area contributed by atoms with Gasteiger partial charge in [0.15, 0.2) is 5.69 Å². The van der Waals surface area contributed by atoms with Crippen LogP contribution in [0.25, 0.3) is 0 Å². The molecule has 1 unspecified atom stereocenters. The van der Waals surface area contributed by atoms with Crippen LogP contribution in [0.15, 0.2) is 30.5 Å². The van der Waals surface area contributed by atoms with Crippen molar-refractivity contribution in [3.8, 4) is 0 Å². The third kappa shape index (κ3) is 3.77. The highest BCUT2D eigenvalue weighted by atomic mass is 16.5. The van der Waals surface area contributed by atoms with Crippen LogP contribution in [-0.4, -0.2) is 64.1 Å². The first-order valence-electron chi connectivity index (χ1n) is 9.87. The molecular formula is C20H25N5O3. The van der Waals surface area contributed by atoms with Gasteiger partial charge in [-0.15, -0.1) is 5.10 Å². The van der Waals surface area contributed by atoms with Crippen molar-refractivity contribution in [1.29, 1.82) is 0 Å². The molecular weight excluding hydrogens is 358 g/mol. The number of piperazine rings is 1. The van der Waals surface area contributed by atoms with Crippen LogP contribution < -0.4 is 4.90 Å². The lowest BCUT2D eigenvalue weighted by molar-refractivity contribution is -0.127. The number of fused-ring (bicyclic) bond motifs is 1. The number of piperidine rings is 1. The molecule has 0 spiro atoms. The summed E-state index contributed by atoms with van der Waals surface area (Å²) in [6, 6.07) is 7.95. The number of hydrogen-bond acceptors (Lipinski definition) is 6. The van der Waals surface area contributed by atoms with E-state index in [1.54, 1.807) is 17.8 Å². The van der Waals surface area contributed by atoms with Crippen LogP contribution >= 0.6 is 0 Å². The second-order valence-electron chi connectivity index (χ2n) is 7.23. The van der Waals surface area contributed by atoms with Crippen LogP contribution in [-0.2, 0) is 16.1 Å². The van der Waals surface area contributed by atoms with E-state index in [1.165, 1.54) is 6.42 Å². The second kappa shape index (κ2) is 8.10. The summed E-state index contributed by atoms with van der Waals surface area (Å²) in [6.07, 6.45) is 4.84. The highest BCUT2D eigenvalue weighted by Gasteiger charge is 2.36. The maximum atomic E-state index is 13.0. The van der Waals surface area contributed by atoms with Crippen LogP contribution in [0.5, 0.6) is 0 Å². The lowest BCUT2D eigenvalue weighted by atomic mass is 9.98. The van der Waals surface area contributed by atoms with Gasteiger partial charge in [0, 0.05) is 18.8 Å². The number of hydrogen-bond donors (Lipinski definition) is 0. The smallest absolute Gasteiger partial charge is 0.360 e. The largest absolute Gasteiger partial charge is 0.461 e. The minimum atomic E-state index is -0.474. The Morgan fingerprint density at radius 1 is 1.25 bits per heavy atom. The van der Waals surface area contributed by atoms with Gasteiger partial charge in [-0.25, -0.2) is 9.48 Å². The van der Waals surface area contributed by atoms with E-state index < -0.39 is 5.97 Å². The predicted octanol–water partition coefficient (Wildman–Crippen LogP) is 1.70. The minimum Gasteiger partial charge on any atom is -0.461 e. The Balaban J connectivity index is 1.47.